The monoisotopic (exact) mass is 277 g/mol. The topological polar surface area (TPSA) is 95.9 Å². The molecule has 0 amide bonds. The highest BCUT2D eigenvalue weighted by atomic mass is 19.1. The quantitative estimate of drug-likeness (QED) is 0.651. The van der Waals surface area contributed by atoms with Crippen LogP contribution in [0.5, 0.6) is 0 Å². The number of methoxy groups -OCH3 is 1. The number of nitrogens with two attached hydrogens (primary N) is 1. The molecule has 2 rings (SSSR count). The van der Waals surface area contributed by atoms with Gasteiger partial charge in [-0.05, 0) is 22.6 Å². The number of nitrogens with zero attached hydrogens (tertiary/aromatic N) is 4. The lowest BCUT2D eigenvalue weighted by atomic mass is 10.1. The maximum absolute atomic E-state index is 13.6. The third-order valence-electron chi connectivity index (χ3n) is 2.56. The molecule has 2 N–H and O–H groups in total. The van der Waals surface area contributed by atoms with Gasteiger partial charge < -0.3 is 10.5 Å². The predicted molar refractivity (Wildman–Crippen MR) is 68.6 cm³/mol. The van der Waals surface area contributed by atoms with Gasteiger partial charge in [-0.1, -0.05) is 23.3 Å². The number of carbonyl (C=O) groups excluding carboxylic acids is 1. The molecule has 20 heavy (non-hydrogen) atoms. The van der Waals surface area contributed by atoms with E-state index in [-0.39, 0.29) is 23.6 Å². The standard InChI is InChI=1S/C12H12FN5O2/c1-20-11(19)9(7-18-12(14)15-16-17-18)6-8-4-2-3-5-10(8)13/h2-6H,7H2,1H3,(H2,14,15,17)/b9-6+. The number of rotatable bonds is 4. The molecule has 104 valence electrons. The maximum Gasteiger partial charge on any atom is 0.335 e. The minimum atomic E-state index is -0.608. The molecule has 0 bridgehead atoms. The number of esters is 1. The fourth-order valence-electron chi connectivity index (χ4n) is 1.57. The summed E-state index contributed by atoms with van der Waals surface area (Å²) in [6, 6.07) is 6.06. The Morgan fingerprint density at radius 3 is 2.85 bits per heavy atom. The summed E-state index contributed by atoms with van der Waals surface area (Å²) in [6.07, 6.45) is 1.38. The highest BCUT2D eigenvalue weighted by Gasteiger charge is 2.14. The Morgan fingerprint density at radius 2 is 2.25 bits per heavy atom. The van der Waals surface area contributed by atoms with Crippen LogP contribution in [0.25, 0.3) is 6.08 Å². The molecule has 0 aliphatic heterocycles. The molecular weight excluding hydrogens is 265 g/mol. The van der Waals surface area contributed by atoms with Crippen LogP contribution in [0.2, 0.25) is 0 Å². The van der Waals surface area contributed by atoms with Gasteiger partial charge in [0.05, 0.1) is 19.2 Å². The molecule has 0 aliphatic carbocycles. The molecule has 7 nitrogen and oxygen atoms in total. The van der Waals surface area contributed by atoms with E-state index in [4.69, 9.17) is 5.73 Å². The highest BCUT2D eigenvalue weighted by Crippen LogP contribution is 2.14. The van der Waals surface area contributed by atoms with Crippen molar-refractivity contribution in [3.05, 3.63) is 41.2 Å². The number of ether oxygens (including phenoxy) is 1. The number of hydrogen-bond donors (Lipinski definition) is 1. The Labute approximate surface area is 113 Å². The molecule has 1 aromatic carbocycles. The number of tetrazole rings is 1. The van der Waals surface area contributed by atoms with Crippen molar-refractivity contribution in [3.8, 4) is 0 Å². The molecular formula is C12H12FN5O2. The first-order valence-corrected chi connectivity index (χ1v) is 5.67. The second-order valence-corrected chi connectivity index (χ2v) is 3.88. The van der Waals surface area contributed by atoms with Crippen molar-refractivity contribution in [2.45, 2.75) is 6.54 Å². The maximum atomic E-state index is 13.6. The summed E-state index contributed by atoms with van der Waals surface area (Å²) < 4.78 is 19.5. The summed E-state index contributed by atoms with van der Waals surface area (Å²) in [4.78, 5) is 11.7. The second kappa shape index (κ2) is 5.91. The fourth-order valence-corrected chi connectivity index (χ4v) is 1.57. The molecule has 2 aromatic rings. The summed E-state index contributed by atoms with van der Waals surface area (Å²) in [7, 11) is 1.24. The van der Waals surface area contributed by atoms with Gasteiger partial charge in [-0.15, -0.1) is 0 Å². The van der Waals surface area contributed by atoms with E-state index >= 15 is 0 Å². The average Bonchev–Trinajstić information content (AvgIpc) is 2.85. The minimum Gasteiger partial charge on any atom is -0.466 e. The zero-order chi connectivity index (χ0) is 14.5. The van der Waals surface area contributed by atoms with Crippen molar-refractivity contribution in [2.75, 3.05) is 12.8 Å². The normalized spacial score (nSPS) is 11.4. The van der Waals surface area contributed by atoms with E-state index < -0.39 is 11.8 Å². The summed E-state index contributed by atoms with van der Waals surface area (Å²) in [5.74, 6) is -1.00. The Hall–Kier alpha value is -2.77. The lowest BCUT2D eigenvalue weighted by Crippen LogP contribution is -2.14. The Kier molecular flexibility index (Phi) is 4.04. The van der Waals surface area contributed by atoms with Crippen LogP contribution in [0.1, 0.15) is 5.56 Å². The molecule has 0 spiro atoms. The number of hydrogen-bond acceptors (Lipinski definition) is 6. The zero-order valence-electron chi connectivity index (χ0n) is 10.7. The van der Waals surface area contributed by atoms with Gasteiger partial charge in [-0.3, -0.25) is 0 Å². The van der Waals surface area contributed by atoms with Gasteiger partial charge in [-0.25, -0.2) is 13.9 Å². The van der Waals surface area contributed by atoms with Crippen LogP contribution >= 0.6 is 0 Å². The SMILES string of the molecule is COC(=O)/C(=C/c1ccccc1F)Cn1nnnc1N. The molecule has 1 aromatic heterocycles. The van der Waals surface area contributed by atoms with Gasteiger partial charge >= 0.3 is 5.97 Å². The molecule has 8 heteroatoms. The minimum absolute atomic E-state index is 0.0140. The van der Waals surface area contributed by atoms with Gasteiger partial charge in [0.25, 0.3) is 0 Å². The third kappa shape index (κ3) is 2.97. The second-order valence-electron chi connectivity index (χ2n) is 3.88. The molecule has 0 aliphatic rings. The van der Waals surface area contributed by atoms with Crippen LogP contribution in [0.3, 0.4) is 0 Å². The van der Waals surface area contributed by atoms with Gasteiger partial charge in [0.2, 0.25) is 5.95 Å². The predicted octanol–water partition coefficient (Wildman–Crippen LogP) is 0.651. The first-order chi connectivity index (χ1) is 9.61. The summed E-state index contributed by atoms with van der Waals surface area (Å²) >= 11 is 0. The summed E-state index contributed by atoms with van der Waals surface area (Å²) in [5, 5.41) is 10.5. The lowest BCUT2D eigenvalue weighted by Gasteiger charge is -2.06. The highest BCUT2D eigenvalue weighted by molar-refractivity contribution is 5.93. The number of aromatic nitrogens is 4. The van der Waals surface area contributed by atoms with E-state index in [1.807, 2.05) is 0 Å². The summed E-state index contributed by atoms with van der Waals surface area (Å²) in [5.41, 5.74) is 5.97. The first-order valence-electron chi connectivity index (χ1n) is 5.67. The molecule has 0 unspecified atom stereocenters. The van der Waals surface area contributed by atoms with Crippen molar-refractivity contribution in [2.24, 2.45) is 0 Å². The van der Waals surface area contributed by atoms with Crippen molar-refractivity contribution < 1.29 is 13.9 Å². The lowest BCUT2D eigenvalue weighted by molar-refractivity contribution is -0.136. The van der Waals surface area contributed by atoms with Crippen LogP contribution in [0, 0.1) is 5.82 Å². The van der Waals surface area contributed by atoms with E-state index in [0.29, 0.717) is 0 Å². The molecule has 1 heterocycles. The van der Waals surface area contributed by atoms with E-state index in [2.05, 4.69) is 20.3 Å². The first kappa shape index (κ1) is 13.7. The van der Waals surface area contributed by atoms with Crippen LogP contribution < -0.4 is 5.73 Å². The van der Waals surface area contributed by atoms with Crippen molar-refractivity contribution in [1.29, 1.82) is 0 Å². The van der Waals surface area contributed by atoms with Crippen molar-refractivity contribution in [1.82, 2.24) is 20.2 Å². The smallest absolute Gasteiger partial charge is 0.335 e. The van der Waals surface area contributed by atoms with E-state index in [1.165, 1.54) is 23.9 Å². The molecule has 0 saturated carbocycles. The van der Waals surface area contributed by atoms with Crippen molar-refractivity contribution in [3.63, 3.8) is 0 Å². The molecule has 0 atom stereocenters. The average molecular weight is 277 g/mol. The largest absolute Gasteiger partial charge is 0.466 e. The molecule has 0 radical (unpaired) electrons. The van der Waals surface area contributed by atoms with Gasteiger partial charge in [0.1, 0.15) is 5.82 Å². The Bertz CT molecular complexity index is 653. The number of halogens is 1. The molecule has 0 saturated heterocycles. The van der Waals surface area contributed by atoms with Gasteiger partial charge in [0, 0.05) is 5.56 Å². The van der Waals surface area contributed by atoms with E-state index in [0.717, 1.165) is 0 Å². The third-order valence-corrected chi connectivity index (χ3v) is 2.56. The van der Waals surface area contributed by atoms with Crippen LogP contribution in [-0.2, 0) is 16.1 Å². The number of carbonyl (C=O) groups is 1. The fraction of sp³-hybridized carbons (Fsp3) is 0.167. The Balaban J connectivity index is 2.36. The van der Waals surface area contributed by atoms with Crippen molar-refractivity contribution >= 4 is 18.0 Å². The number of benzene rings is 1. The molecule has 0 fully saturated rings. The van der Waals surface area contributed by atoms with Gasteiger partial charge in [-0.2, -0.15) is 0 Å². The van der Waals surface area contributed by atoms with Crippen LogP contribution in [-0.4, -0.2) is 33.3 Å². The van der Waals surface area contributed by atoms with E-state index in [1.54, 1.807) is 18.2 Å². The van der Waals surface area contributed by atoms with Crippen LogP contribution in [0.15, 0.2) is 29.8 Å². The van der Waals surface area contributed by atoms with E-state index in [9.17, 15) is 9.18 Å². The summed E-state index contributed by atoms with van der Waals surface area (Å²) in [6.45, 7) is -0.0140. The zero-order valence-corrected chi connectivity index (χ0v) is 10.7. The number of nitrogen functional groups attached to an aromatic ring is 1. The van der Waals surface area contributed by atoms with Gasteiger partial charge in [0.15, 0.2) is 0 Å². The van der Waals surface area contributed by atoms with Crippen LogP contribution in [0.4, 0.5) is 10.3 Å². The Morgan fingerprint density at radius 1 is 1.50 bits per heavy atom. The number of anilines is 1.